The normalized spacial score (nSPS) is 34.8. The summed E-state index contributed by atoms with van der Waals surface area (Å²) in [7, 11) is 0. The summed E-state index contributed by atoms with van der Waals surface area (Å²) in [5.74, 6) is 1.61. The van der Waals surface area contributed by atoms with Crippen molar-refractivity contribution in [1.82, 2.24) is 4.90 Å². The average Bonchev–Trinajstić information content (AvgIpc) is 2.48. The van der Waals surface area contributed by atoms with Crippen molar-refractivity contribution in [2.75, 3.05) is 19.7 Å². The summed E-state index contributed by atoms with van der Waals surface area (Å²) < 4.78 is 5.28. The van der Waals surface area contributed by atoms with Crippen LogP contribution in [0.25, 0.3) is 0 Å². The molecule has 0 aromatic carbocycles. The smallest absolute Gasteiger partial charge is 0.323 e. The number of ether oxygens (including phenoxy) is 1. The monoisotopic (exact) mass is 291 g/mol. The number of likely N-dealkylation sites (tertiary alicyclic amines) is 1. The van der Waals surface area contributed by atoms with E-state index in [1.807, 2.05) is 6.92 Å². The lowest BCUT2D eigenvalue weighted by Gasteiger charge is -2.57. The number of hydrogen-bond acceptors (Lipinski definition) is 3. The first-order valence-electron chi connectivity index (χ1n) is 8.63. The molecule has 21 heavy (non-hydrogen) atoms. The van der Waals surface area contributed by atoms with Gasteiger partial charge in [-0.1, -0.05) is 31.9 Å². The van der Waals surface area contributed by atoms with Crippen LogP contribution >= 0.6 is 0 Å². The first kappa shape index (κ1) is 15.1. The molecule has 3 nitrogen and oxygen atoms in total. The summed E-state index contributed by atoms with van der Waals surface area (Å²) in [5.41, 5.74) is 2.05. The number of nitrogens with zero attached hydrogens (tertiary/aromatic N) is 1. The molecule has 0 aromatic heterocycles. The molecule has 0 radical (unpaired) electrons. The predicted molar refractivity (Wildman–Crippen MR) is 83.9 cm³/mol. The lowest BCUT2D eigenvalue weighted by Crippen LogP contribution is -2.52. The van der Waals surface area contributed by atoms with E-state index in [4.69, 9.17) is 4.74 Å². The Balaban J connectivity index is 1.68. The fourth-order valence-electron chi connectivity index (χ4n) is 4.58. The van der Waals surface area contributed by atoms with E-state index in [1.165, 1.54) is 19.3 Å². The van der Waals surface area contributed by atoms with Gasteiger partial charge in [-0.2, -0.15) is 0 Å². The van der Waals surface area contributed by atoms with Crippen molar-refractivity contribution in [3.63, 3.8) is 0 Å². The van der Waals surface area contributed by atoms with E-state index in [0.29, 0.717) is 12.0 Å². The van der Waals surface area contributed by atoms with Gasteiger partial charge in [-0.15, -0.1) is 0 Å². The van der Waals surface area contributed by atoms with E-state index in [1.54, 1.807) is 5.57 Å². The van der Waals surface area contributed by atoms with Crippen LogP contribution in [0.15, 0.2) is 11.6 Å². The maximum atomic E-state index is 12.2. The minimum absolute atomic E-state index is 0.0134. The van der Waals surface area contributed by atoms with E-state index < -0.39 is 0 Å². The first-order valence-corrected chi connectivity index (χ1v) is 8.63. The molecule has 1 saturated carbocycles. The van der Waals surface area contributed by atoms with Crippen molar-refractivity contribution >= 4 is 5.97 Å². The average molecular weight is 291 g/mol. The zero-order valence-corrected chi connectivity index (χ0v) is 13.7. The topological polar surface area (TPSA) is 29.5 Å². The fraction of sp³-hybridized carbons (Fsp3) is 0.833. The van der Waals surface area contributed by atoms with Crippen LogP contribution in [0.4, 0.5) is 0 Å². The molecule has 118 valence electrons. The Bertz CT molecular complexity index is 440. The summed E-state index contributed by atoms with van der Waals surface area (Å²) in [5, 5.41) is 0. The van der Waals surface area contributed by atoms with Gasteiger partial charge < -0.3 is 4.74 Å². The van der Waals surface area contributed by atoms with Crippen LogP contribution in [0.5, 0.6) is 0 Å². The quantitative estimate of drug-likeness (QED) is 0.587. The molecule has 1 heterocycles. The fourth-order valence-corrected chi connectivity index (χ4v) is 4.58. The number of fused-ring (bicyclic) bond motifs is 1. The number of hydrogen-bond donors (Lipinski definition) is 0. The SMILES string of the molecule is CCOC(=O)[C@@H]1CCCCN1CC1=CC[C@H]2C[C@H]1C2(C)C. The van der Waals surface area contributed by atoms with Gasteiger partial charge in [0.05, 0.1) is 6.61 Å². The number of carbonyl (C=O) groups is 1. The molecule has 3 atom stereocenters. The summed E-state index contributed by atoms with van der Waals surface area (Å²) in [6, 6.07) is -0.0134. The number of rotatable bonds is 4. The summed E-state index contributed by atoms with van der Waals surface area (Å²) in [6.45, 7) is 9.23. The van der Waals surface area contributed by atoms with Crippen LogP contribution in [-0.2, 0) is 9.53 Å². The number of esters is 1. The third-order valence-electron chi connectivity index (χ3n) is 6.14. The van der Waals surface area contributed by atoms with Crippen LogP contribution < -0.4 is 0 Å². The molecule has 2 bridgehead atoms. The Hall–Kier alpha value is -0.830. The maximum absolute atomic E-state index is 12.2. The molecule has 0 spiro atoms. The lowest BCUT2D eigenvalue weighted by atomic mass is 9.49. The molecule has 0 unspecified atom stereocenters. The van der Waals surface area contributed by atoms with Gasteiger partial charge in [0.2, 0.25) is 0 Å². The van der Waals surface area contributed by atoms with Crippen LogP contribution in [-0.4, -0.2) is 36.6 Å². The van der Waals surface area contributed by atoms with Crippen molar-refractivity contribution in [2.24, 2.45) is 17.3 Å². The van der Waals surface area contributed by atoms with Gasteiger partial charge in [0.25, 0.3) is 0 Å². The van der Waals surface area contributed by atoms with Crippen molar-refractivity contribution in [3.8, 4) is 0 Å². The minimum atomic E-state index is -0.0145. The zero-order valence-electron chi connectivity index (χ0n) is 13.7. The molecule has 1 aliphatic heterocycles. The van der Waals surface area contributed by atoms with E-state index in [0.717, 1.165) is 37.8 Å². The molecule has 4 aliphatic rings. The zero-order chi connectivity index (χ0) is 15.0. The third kappa shape index (κ3) is 2.65. The van der Waals surface area contributed by atoms with Crippen molar-refractivity contribution in [1.29, 1.82) is 0 Å². The van der Waals surface area contributed by atoms with E-state index in [2.05, 4.69) is 24.8 Å². The predicted octanol–water partition coefficient (Wildman–Crippen LogP) is 3.40. The van der Waals surface area contributed by atoms with E-state index in [-0.39, 0.29) is 12.0 Å². The molecule has 0 amide bonds. The largest absolute Gasteiger partial charge is 0.465 e. The second kappa shape index (κ2) is 5.75. The standard InChI is InChI=1S/C18H29NO2/c1-4-21-17(20)16-7-5-6-10-19(16)12-13-8-9-14-11-15(13)18(14,2)3/h8,14-16H,4-7,9-12H2,1-3H3/t14-,15+,16-/m0/s1. The number of carbonyl (C=O) groups excluding carboxylic acids is 1. The molecule has 0 N–H and O–H groups in total. The molecule has 3 aliphatic carbocycles. The third-order valence-corrected chi connectivity index (χ3v) is 6.14. The lowest BCUT2D eigenvalue weighted by molar-refractivity contribution is -0.150. The Morgan fingerprint density at radius 1 is 1.43 bits per heavy atom. The molecular formula is C18H29NO2. The Morgan fingerprint density at radius 3 is 2.90 bits per heavy atom. The van der Waals surface area contributed by atoms with E-state index >= 15 is 0 Å². The number of allylic oxidation sites excluding steroid dienone is 1. The van der Waals surface area contributed by atoms with Crippen LogP contribution in [0.1, 0.15) is 52.9 Å². The molecule has 2 fully saturated rings. The van der Waals surface area contributed by atoms with Crippen molar-refractivity contribution < 1.29 is 9.53 Å². The van der Waals surface area contributed by atoms with Gasteiger partial charge in [-0.25, -0.2) is 0 Å². The highest BCUT2D eigenvalue weighted by atomic mass is 16.5. The Kier molecular flexibility index (Phi) is 4.13. The Morgan fingerprint density at radius 2 is 2.24 bits per heavy atom. The summed E-state index contributed by atoms with van der Waals surface area (Å²) >= 11 is 0. The van der Waals surface area contributed by atoms with Crippen LogP contribution in [0, 0.1) is 17.3 Å². The highest BCUT2D eigenvalue weighted by Gasteiger charge is 2.51. The van der Waals surface area contributed by atoms with Crippen molar-refractivity contribution in [2.45, 2.75) is 58.9 Å². The summed E-state index contributed by atoms with van der Waals surface area (Å²) in [4.78, 5) is 14.6. The highest BCUT2D eigenvalue weighted by Crippen LogP contribution is 2.59. The first-order chi connectivity index (χ1) is 10.0. The number of piperidine rings is 1. The highest BCUT2D eigenvalue weighted by molar-refractivity contribution is 5.76. The van der Waals surface area contributed by atoms with E-state index in [9.17, 15) is 4.79 Å². The van der Waals surface area contributed by atoms with Gasteiger partial charge in [-0.05, 0) is 56.4 Å². The summed E-state index contributed by atoms with van der Waals surface area (Å²) in [6.07, 6.45) is 8.37. The molecular weight excluding hydrogens is 262 g/mol. The van der Waals surface area contributed by atoms with Gasteiger partial charge >= 0.3 is 5.97 Å². The van der Waals surface area contributed by atoms with Crippen molar-refractivity contribution in [3.05, 3.63) is 11.6 Å². The molecule has 0 aromatic rings. The van der Waals surface area contributed by atoms with Gasteiger partial charge in [0.15, 0.2) is 0 Å². The molecule has 4 rings (SSSR count). The second-order valence-electron chi connectivity index (χ2n) is 7.56. The minimum Gasteiger partial charge on any atom is -0.465 e. The van der Waals surface area contributed by atoms with Crippen LogP contribution in [0.3, 0.4) is 0 Å². The molecule has 3 heteroatoms. The van der Waals surface area contributed by atoms with Gasteiger partial charge in [-0.3, -0.25) is 9.69 Å². The Labute approximate surface area is 128 Å². The second-order valence-corrected chi connectivity index (χ2v) is 7.56. The van der Waals surface area contributed by atoms with Crippen LogP contribution in [0.2, 0.25) is 0 Å². The maximum Gasteiger partial charge on any atom is 0.323 e. The molecule has 1 saturated heterocycles. The van der Waals surface area contributed by atoms with Gasteiger partial charge in [0, 0.05) is 6.54 Å². The van der Waals surface area contributed by atoms with Gasteiger partial charge in [0.1, 0.15) is 6.04 Å².